The van der Waals surface area contributed by atoms with Gasteiger partial charge in [-0.2, -0.15) is 0 Å². The van der Waals surface area contributed by atoms with Gasteiger partial charge in [-0.25, -0.2) is 0 Å². The van der Waals surface area contributed by atoms with E-state index in [9.17, 15) is 15.0 Å². The van der Waals surface area contributed by atoms with E-state index in [0.29, 0.717) is 17.7 Å². The summed E-state index contributed by atoms with van der Waals surface area (Å²) in [6.07, 6.45) is 1.79. The normalized spacial score (nSPS) is 26.1. The molecule has 1 aromatic heterocycles. The highest BCUT2D eigenvalue weighted by molar-refractivity contribution is 5.97. The molecule has 2 aromatic rings. The van der Waals surface area contributed by atoms with Crippen LogP contribution in [0.4, 0.5) is 0 Å². The van der Waals surface area contributed by atoms with Gasteiger partial charge in [0.1, 0.15) is 11.9 Å². The lowest BCUT2D eigenvalue weighted by Crippen LogP contribution is -2.45. The number of carbonyl (C=O) groups excluding carboxylic acids is 1. The van der Waals surface area contributed by atoms with E-state index in [1.807, 2.05) is 6.07 Å². The standard InChI is InChI=1S/C18H20N2O4/c1-24-15-7-3-2-6-12(15)18(23)20-16-13(9-14(21)17(16)22)11-5-4-8-19-10-11/h2-8,10,13-14,16-17,21-22H,9H2,1H3,(H,20,23)/t13-,14-,16-,17-/m1/s1. The summed E-state index contributed by atoms with van der Waals surface area (Å²) in [7, 11) is 1.50. The van der Waals surface area contributed by atoms with Crippen molar-refractivity contribution in [2.24, 2.45) is 0 Å². The molecule has 1 amide bonds. The first kappa shape index (κ1) is 16.4. The fourth-order valence-corrected chi connectivity index (χ4v) is 3.21. The number of nitrogens with zero attached hydrogens (tertiary/aromatic N) is 1. The minimum absolute atomic E-state index is 0.206. The van der Waals surface area contributed by atoms with Gasteiger partial charge >= 0.3 is 0 Å². The third kappa shape index (κ3) is 3.11. The van der Waals surface area contributed by atoms with E-state index < -0.39 is 18.2 Å². The zero-order valence-electron chi connectivity index (χ0n) is 13.3. The molecule has 3 rings (SSSR count). The zero-order valence-corrected chi connectivity index (χ0v) is 13.3. The first-order chi connectivity index (χ1) is 11.6. The van der Waals surface area contributed by atoms with Crippen molar-refractivity contribution < 1.29 is 19.7 Å². The Hall–Kier alpha value is -2.44. The van der Waals surface area contributed by atoms with E-state index in [-0.39, 0.29) is 11.8 Å². The summed E-state index contributed by atoms with van der Waals surface area (Å²) in [4.78, 5) is 16.7. The summed E-state index contributed by atoms with van der Waals surface area (Å²) in [6, 6.07) is 9.97. The number of aliphatic hydroxyl groups is 2. The quantitative estimate of drug-likeness (QED) is 0.782. The van der Waals surface area contributed by atoms with Crippen LogP contribution in [0.5, 0.6) is 5.75 Å². The van der Waals surface area contributed by atoms with Crippen molar-refractivity contribution >= 4 is 5.91 Å². The number of para-hydroxylation sites is 1. The Bertz CT molecular complexity index is 707. The second-order valence-electron chi connectivity index (χ2n) is 5.89. The monoisotopic (exact) mass is 328 g/mol. The number of aliphatic hydroxyl groups excluding tert-OH is 2. The molecule has 1 heterocycles. The molecule has 6 heteroatoms. The van der Waals surface area contributed by atoms with E-state index in [2.05, 4.69) is 10.3 Å². The summed E-state index contributed by atoms with van der Waals surface area (Å²) < 4.78 is 5.21. The highest BCUT2D eigenvalue weighted by Gasteiger charge is 2.43. The van der Waals surface area contributed by atoms with E-state index >= 15 is 0 Å². The average molecular weight is 328 g/mol. The Morgan fingerprint density at radius 2 is 2.04 bits per heavy atom. The number of hydrogen-bond acceptors (Lipinski definition) is 5. The fourth-order valence-electron chi connectivity index (χ4n) is 3.21. The molecule has 0 aliphatic heterocycles. The van der Waals surface area contributed by atoms with Gasteiger partial charge in [0.25, 0.3) is 5.91 Å². The van der Waals surface area contributed by atoms with Gasteiger partial charge in [-0.1, -0.05) is 18.2 Å². The molecule has 1 aliphatic rings. The number of ether oxygens (including phenoxy) is 1. The van der Waals surface area contributed by atoms with Gasteiger partial charge in [0.2, 0.25) is 0 Å². The van der Waals surface area contributed by atoms with E-state index in [1.54, 1.807) is 42.7 Å². The molecular weight excluding hydrogens is 308 g/mol. The number of methoxy groups -OCH3 is 1. The Labute approximate surface area is 140 Å². The summed E-state index contributed by atoms with van der Waals surface area (Å²) in [5, 5.41) is 23.2. The van der Waals surface area contributed by atoms with Crippen LogP contribution in [0.15, 0.2) is 48.8 Å². The Morgan fingerprint density at radius 1 is 1.25 bits per heavy atom. The predicted octanol–water partition coefficient (Wildman–Crippen LogP) is 1.10. The van der Waals surface area contributed by atoms with Crippen molar-refractivity contribution in [1.82, 2.24) is 10.3 Å². The second-order valence-corrected chi connectivity index (χ2v) is 5.89. The fraction of sp³-hybridized carbons (Fsp3) is 0.333. The molecule has 1 saturated carbocycles. The van der Waals surface area contributed by atoms with E-state index in [0.717, 1.165) is 5.56 Å². The Kier molecular flexibility index (Phi) is 4.78. The van der Waals surface area contributed by atoms with Crippen LogP contribution >= 0.6 is 0 Å². The van der Waals surface area contributed by atoms with Gasteiger partial charge in [0, 0.05) is 18.3 Å². The predicted molar refractivity (Wildman–Crippen MR) is 87.9 cm³/mol. The number of benzene rings is 1. The van der Waals surface area contributed by atoms with Crippen LogP contribution in [0, 0.1) is 0 Å². The summed E-state index contributed by atoms with van der Waals surface area (Å²) in [5.74, 6) is -0.0946. The molecule has 3 N–H and O–H groups in total. The minimum Gasteiger partial charge on any atom is -0.496 e. The number of hydrogen-bond donors (Lipinski definition) is 3. The molecule has 1 fully saturated rings. The average Bonchev–Trinajstić information content (AvgIpc) is 2.90. The number of aromatic nitrogens is 1. The Morgan fingerprint density at radius 3 is 2.75 bits per heavy atom. The number of amides is 1. The first-order valence-electron chi connectivity index (χ1n) is 7.81. The van der Waals surface area contributed by atoms with Crippen molar-refractivity contribution in [3.05, 3.63) is 59.9 Å². The molecule has 0 bridgehead atoms. The third-order valence-corrected chi connectivity index (χ3v) is 4.45. The lowest BCUT2D eigenvalue weighted by Gasteiger charge is -2.24. The maximum atomic E-state index is 12.6. The van der Waals surface area contributed by atoms with Crippen molar-refractivity contribution in [2.45, 2.75) is 30.6 Å². The molecule has 1 aliphatic carbocycles. The van der Waals surface area contributed by atoms with Gasteiger partial charge < -0.3 is 20.3 Å². The smallest absolute Gasteiger partial charge is 0.255 e. The van der Waals surface area contributed by atoms with Gasteiger partial charge in [0.15, 0.2) is 0 Å². The van der Waals surface area contributed by atoms with Crippen LogP contribution < -0.4 is 10.1 Å². The summed E-state index contributed by atoms with van der Waals surface area (Å²) >= 11 is 0. The van der Waals surface area contributed by atoms with Gasteiger partial charge in [-0.15, -0.1) is 0 Å². The first-order valence-corrected chi connectivity index (χ1v) is 7.81. The van der Waals surface area contributed by atoms with Crippen LogP contribution in [0.2, 0.25) is 0 Å². The minimum atomic E-state index is -1.03. The van der Waals surface area contributed by atoms with Crippen LogP contribution in [-0.2, 0) is 0 Å². The molecule has 0 unspecified atom stereocenters. The SMILES string of the molecule is COc1ccccc1C(=O)N[C@H]1[C@H](O)[C@H](O)C[C@@H]1c1cccnc1. The number of rotatable bonds is 4. The van der Waals surface area contributed by atoms with Gasteiger partial charge in [0.05, 0.1) is 24.8 Å². The molecule has 126 valence electrons. The highest BCUT2D eigenvalue weighted by Crippen LogP contribution is 2.35. The van der Waals surface area contributed by atoms with Crippen molar-refractivity contribution in [2.75, 3.05) is 7.11 Å². The summed E-state index contributed by atoms with van der Waals surface area (Å²) in [5.41, 5.74) is 1.26. The molecule has 24 heavy (non-hydrogen) atoms. The third-order valence-electron chi connectivity index (χ3n) is 4.45. The maximum absolute atomic E-state index is 12.6. The molecule has 0 radical (unpaired) electrons. The zero-order chi connectivity index (χ0) is 17.1. The van der Waals surface area contributed by atoms with Gasteiger partial charge in [-0.3, -0.25) is 9.78 Å². The molecule has 0 spiro atoms. The van der Waals surface area contributed by atoms with Crippen LogP contribution in [0.1, 0.15) is 28.3 Å². The van der Waals surface area contributed by atoms with Crippen molar-refractivity contribution in [1.29, 1.82) is 0 Å². The molecule has 4 atom stereocenters. The Balaban J connectivity index is 1.84. The lowest BCUT2D eigenvalue weighted by atomic mass is 9.94. The topological polar surface area (TPSA) is 91.7 Å². The summed E-state index contributed by atoms with van der Waals surface area (Å²) in [6.45, 7) is 0. The van der Waals surface area contributed by atoms with E-state index in [4.69, 9.17) is 4.74 Å². The largest absolute Gasteiger partial charge is 0.496 e. The second kappa shape index (κ2) is 6.98. The molecule has 6 nitrogen and oxygen atoms in total. The van der Waals surface area contributed by atoms with Crippen molar-refractivity contribution in [3.63, 3.8) is 0 Å². The highest BCUT2D eigenvalue weighted by atomic mass is 16.5. The number of nitrogens with one attached hydrogen (secondary N) is 1. The van der Waals surface area contributed by atoms with Crippen LogP contribution in [0.25, 0.3) is 0 Å². The molecular formula is C18H20N2O4. The van der Waals surface area contributed by atoms with Crippen LogP contribution in [0.3, 0.4) is 0 Å². The van der Waals surface area contributed by atoms with E-state index in [1.165, 1.54) is 7.11 Å². The maximum Gasteiger partial charge on any atom is 0.255 e. The van der Waals surface area contributed by atoms with Crippen LogP contribution in [-0.4, -0.2) is 46.5 Å². The lowest BCUT2D eigenvalue weighted by molar-refractivity contribution is 0.0294. The van der Waals surface area contributed by atoms with Crippen molar-refractivity contribution in [3.8, 4) is 5.75 Å². The molecule has 0 saturated heterocycles. The molecule has 1 aromatic carbocycles. The number of carbonyl (C=O) groups is 1. The number of pyridine rings is 1. The van der Waals surface area contributed by atoms with Gasteiger partial charge in [-0.05, 0) is 30.2 Å².